The van der Waals surface area contributed by atoms with E-state index < -0.39 is 0 Å². The first kappa shape index (κ1) is 25.1. The van der Waals surface area contributed by atoms with Crippen molar-refractivity contribution in [1.29, 1.82) is 0 Å². The minimum Gasteiger partial charge on any atom is -0.492 e. The van der Waals surface area contributed by atoms with Crippen LogP contribution in [0.15, 0.2) is 36.4 Å². The van der Waals surface area contributed by atoms with E-state index in [1.54, 1.807) is 7.11 Å². The van der Waals surface area contributed by atoms with Gasteiger partial charge >= 0.3 is 0 Å². The summed E-state index contributed by atoms with van der Waals surface area (Å²) >= 11 is 18.8. The van der Waals surface area contributed by atoms with Crippen molar-refractivity contribution in [3.05, 3.63) is 57.6 Å². The molecule has 0 amide bonds. The number of benzene rings is 2. The van der Waals surface area contributed by atoms with Crippen molar-refractivity contribution < 1.29 is 14.2 Å². The van der Waals surface area contributed by atoms with Crippen molar-refractivity contribution >= 4 is 34.8 Å². The predicted molar refractivity (Wildman–Crippen MR) is 127 cm³/mol. The lowest BCUT2D eigenvalue weighted by atomic mass is 9.78. The molecule has 0 bridgehead atoms. The highest BCUT2D eigenvalue weighted by atomic mass is 35.5. The SMILES string of the molecule is COC[C@H](C)COc1ccc(C(C)(C)c2ccc(OC[C@@H](C)CCl)c(Cl)c2)cc1Cl. The van der Waals surface area contributed by atoms with Crippen LogP contribution in [0.2, 0.25) is 10.0 Å². The van der Waals surface area contributed by atoms with Gasteiger partial charge in [0.2, 0.25) is 0 Å². The molecule has 0 unspecified atom stereocenters. The molecule has 0 saturated heterocycles. The molecule has 2 rings (SSSR count). The maximum Gasteiger partial charge on any atom is 0.137 e. The van der Waals surface area contributed by atoms with Crippen LogP contribution < -0.4 is 9.47 Å². The van der Waals surface area contributed by atoms with E-state index in [2.05, 4.69) is 20.8 Å². The maximum atomic E-state index is 6.51. The van der Waals surface area contributed by atoms with Crippen LogP contribution in [0.3, 0.4) is 0 Å². The van der Waals surface area contributed by atoms with Crippen LogP contribution in [0.25, 0.3) is 0 Å². The fourth-order valence-corrected chi connectivity index (χ4v) is 3.58. The number of rotatable bonds is 11. The standard InChI is InChI=1S/C24H31Cl3O3/c1-16(12-25)14-29-22-8-6-18(10-20(22)26)24(3,4)19-7-9-23(21(27)11-19)30-15-17(2)13-28-5/h6-11,16-17H,12-15H2,1-5H3/t16-,17-/m0/s1. The number of ether oxygens (including phenoxy) is 3. The van der Waals surface area contributed by atoms with Gasteiger partial charge in [-0.15, -0.1) is 11.6 Å². The predicted octanol–water partition coefficient (Wildman–Crippen LogP) is 7.23. The second-order valence-corrected chi connectivity index (χ2v) is 9.48. The molecule has 3 nitrogen and oxygen atoms in total. The number of hydrogen-bond donors (Lipinski definition) is 0. The Morgan fingerprint density at radius 3 is 1.67 bits per heavy atom. The monoisotopic (exact) mass is 472 g/mol. The number of hydrogen-bond acceptors (Lipinski definition) is 3. The molecule has 0 saturated carbocycles. The second-order valence-electron chi connectivity index (χ2n) is 8.36. The number of alkyl halides is 1. The Kier molecular flexibility index (Phi) is 9.62. The molecular weight excluding hydrogens is 443 g/mol. The van der Waals surface area contributed by atoms with E-state index in [9.17, 15) is 0 Å². The second kappa shape index (κ2) is 11.5. The normalized spacial score (nSPS) is 13.7. The molecule has 0 aliphatic carbocycles. The highest BCUT2D eigenvalue weighted by Crippen LogP contribution is 2.38. The minimum absolute atomic E-state index is 0.263. The Bertz CT molecular complexity index is 823. The lowest BCUT2D eigenvalue weighted by Crippen LogP contribution is -2.19. The lowest BCUT2D eigenvalue weighted by molar-refractivity contribution is 0.127. The first-order valence-electron chi connectivity index (χ1n) is 10.1. The fraction of sp³-hybridized carbons (Fsp3) is 0.500. The third kappa shape index (κ3) is 6.68. The van der Waals surface area contributed by atoms with Crippen molar-refractivity contribution in [1.82, 2.24) is 0 Å². The molecule has 2 aromatic rings. The van der Waals surface area contributed by atoms with Gasteiger partial charge in [-0.2, -0.15) is 0 Å². The highest BCUT2D eigenvalue weighted by Gasteiger charge is 2.25. The average molecular weight is 474 g/mol. The van der Waals surface area contributed by atoms with Gasteiger partial charge in [0.05, 0.1) is 29.9 Å². The molecule has 166 valence electrons. The fourth-order valence-electron chi connectivity index (χ4n) is 3.02. The van der Waals surface area contributed by atoms with Crippen molar-refractivity contribution in [2.75, 3.05) is 32.8 Å². The maximum absolute atomic E-state index is 6.51. The van der Waals surface area contributed by atoms with Gasteiger partial charge in [0, 0.05) is 30.2 Å². The van der Waals surface area contributed by atoms with E-state index in [1.165, 1.54) is 0 Å². The van der Waals surface area contributed by atoms with Crippen molar-refractivity contribution in [2.24, 2.45) is 11.8 Å². The van der Waals surface area contributed by atoms with Gasteiger partial charge in [-0.25, -0.2) is 0 Å². The molecule has 2 atom stereocenters. The molecule has 0 aromatic heterocycles. The number of methoxy groups -OCH3 is 1. The summed E-state index contributed by atoms with van der Waals surface area (Å²) in [4.78, 5) is 0. The Balaban J connectivity index is 2.16. The zero-order valence-electron chi connectivity index (χ0n) is 18.3. The van der Waals surface area contributed by atoms with Crippen molar-refractivity contribution in [2.45, 2.75) is 33.1 Å². The summed E-state index contributed by atoms with van der Waals surface area (Å²) in [5, 5.41) is 1.17. The molecule has 6 heteroatoms. The zero-order valence-corrected chi connectivity index (χ0v) is 20.6. The summed E-state index contributed by atoms with van der Waals surface area (Å²) in [6.07, 6.45) is 0. The van der Waals surface area contributed by atoms with E-state index in [-0.39, 0.29) is 17.3 Å². The summed E-state index contributed by atoms with van der Waals surface area (Å²) in [5.41, 5.74) is 1.85. The van der Waals surface area contributed by atoms with Crippen LogP contribution in [0.5, 0.6) is 11.5 Å². The van der Waals surface area contributed by atoms with Crippen LogP contribution in [0, 0.1) is 11.8 Å². The Morgan fingerprint density at radius 2 is 1.27 bits per heavy atom. The van der Waals surface area contributed by atoms with Gasteiger partial charge in [0.15, 0.2) is 0 Å². The lowest BCUT2D eigenvalue weighted by Gasteiger charge is -2.27. The van der Waals surface area contributed by atoms with Gasteiger partial charge in [-0.1, -0.05) is 63.0 Å². The molecule has 0 spiro atoms. The van der Waals surface area contributed by atoms with Gasteiger partial charge in [-0.05, 0) is 35.4 Å². The molecule has 0 heterocycles. The summed E-state index contributed by atoms with van der Waals surface area (Å²) in [6, 6.07) is 11.8. The Labute approximate surface area is 195 Å². The molecule has 0 aliphatic heterocycles. The molecular formula is C24H31Cl3O3. The molecule has 30 heavy (non-hydrogen) atoms. The van der Waals surface area contributed by atoms with Gasteiger partial charge < -0.3 is 14.2 Å². The van der Waals surface area contributed by atoms with Crippen molar-refractivity contribution in [3.63, 3.8) is 0 Å². The third-order valence-corrected chi connectivity index (χ3v) is 6.19. The molecule has 0 fully saturated rings. The first-order valence-corrected chi connectivity index (χ1v) is 11.4. The quantitative estimate of drug-likeness (QED) is 0.322. The Hall–Kier alpha value is -1.13. The summed E-state index contributed by atoms with van der Waals surface area (Å²) in [6.45, 7) is 10.1. The zero-order chi connectivity index (χ0) is 22.3. The molecule has 0 radical (unpaired) electrons. The van der Waals surface area contributed by atoms with Crippen LogP contribution in [-0.4, -0.2) is 32.8 Å². The van der Waals surface area contributed by atoms with E-state index in [4.69, 9.17) is 49.0 Å². The van der Waals surface area contributed by atoms with Crippen LogP contribution >= 0.6 is 34.8 Å². The van der Waals surface area contributed by atoms with Gasteiger partial charge in [0.25, 0.3) is 0 Å². The van der Waals surface area contributed by atoms with Crippen LogP contribution in [0.4, 0.5) is 0 Å². The van der Waals surface area contributed by atoms with Crippen LogP contribution in [-0.2, 0) is 10.2 Å². The van der Waals surface area contributed by atoms with Gasteiger partial charge in [-0.3, -0.25) is 0 Å². The van der Waals surface area contributed by atoms with Crippen LogP contribution in [0.1, 0.15) is 38.8 Å². The van der Waals surface area contributed by atoms with E-state index in [0.29, 0.717) is 47.2 Å². The largest absolute Gasteiger partial charge is 0.492 e. The Morgan fingerprint density at radius 1 is 0.800 bits per heavy atom. The van der Waals surface area contributed by atoms with E-state index in [1.807, 2.05) is 43.3 Å². The summed E-state index contributed by atoms with van der Waals surface area (Å²) < 4.78 is 16.8. The van der Waals surface area contributed by atoms with Crippen molar-refractivity contribution in [3.8, 4) is 11.5 Å². The topological polar surface area (TPSA) is 27.7 Å². The molecule has 0 aliphatic rings. The smallest absolute Gasteiger partial charge is 0.137 e. The van der Waals surface area contributed by atoms with E-state index >= 15 is 0 Å². The van der Waals surface area contributed by atoms with E-state index in [0.717, 1.165) is 11.1 Å². The first-order chi connectivity index (χ1) is 14.2. The summed E-state index contributed by atoms with van der Waals surface area (Å²) in [5.74, 6) is 2.44. The minimum atomic E-state index is -0.295. The summed E-state index contributed by atoms with van der Waals surface area (Å²) in [7, 11) is 1.69. The number of halogens is 3. The van der Waals surface area contributed by atoms with Gasteiger partial charge in [0.1, 0.15) is 11.5 Å². The highest BCUT2D eigenvalue weighted by molar-refractivity contribution is 6.32. The third-order valence-electron chi connectivity index (χ3n) is 5.07. The molecule has 2 aromatic carbocycles. The average Bonchev–Trinajstić information content (AvgIpc) is 2.71. The molecule has 0 N–H and O–H groups in total.